The van der Waals surface area contributed by atoms with Crippen LogP contribution in [0.5, 0.6) is 11.5 Å². The summed E-state index contributed by atoms with van der Waals surface area (Å²) in [6, 6.07) is 9.95. The highest BCUT2D eigenvalue weighted by atomic mass is 16.5. The Hall–Kier alpha value is -3.86. The number of aromatic nitrogens is 1. The molecule has 1 aromatic heterocycles. The molecule has 0 fully saturated rings. The van der Waals surface area contributed by atoms with Crippen LogP contribution in [0.3, 0.4) is 0 Å². The third-order valence-corrected chi connectivity index (χ3v) is 10.3. The van der Waals surface area contributed by atoms with Crippen LogP contribution in [0.4, 0.5) is 0 Å². The summed E-state index contributed by atoms with van der Waals surface area (Å²) in [4.78, 5) is 16.8. The number of rotatable bonds is 8. The van der Waals surface area contributed by atoms with Crippen LogP contribution in [0.15, 0.2) is 34.7 Å². The van der Waals surface area contributed by atoms with Gasteiger partial charge in [0.15, 0.2) is 11.4 Å². The van der Waals surface area contributed by atoms with Crippen LogP contribution < -0.4 is 9.47 Å². The summed E-state index contributed by atoms with van der Waals surface area (Å²) in [5, 5.41) is 0. The summed E-state index contributed by atoms with van der Waals surface area (Å²) in [5.74, 6) is 3.32. The monoisotopic (exact) mass is 623 g/mol. The van der Waals surface area contributed by atoms with E-state index >= 15 is 0 Å². The molecule has 1 aliphatic carbocycles. The second-order valence-corrected chi connectivity index (χ2v) is 13.5. The zero-order valence-corrected chi connectivity index (χ0v) is 30.2. The molecule has 0 spiro atoms. The van der Waals surface area contributed by atoms with Crippen molar-refractivity contribution in [2.75, 3.05) is 6.61 Å². The fraction of sp³-hybridized carbons (Fsp3) is 0.463. The van der Waals surface area contributed by atoms with E-state index in [0.717, 1.165) is 65.3 Å². The third kappa shape index (κ3) is 7.24. The van der Waals surface area contributed by atoms with Gasteiger partial charge in [-0.25, -0.2) is 4.98 Å². The summed E-state index contributed by atoms with van der Waals surface area (Å²) in [5.41, 5.74) is 14.3. The average Bonchev–Trinajstić information content (AvgIpc) is 3.42. The summed E-state index contributed by atoms with van der Waals surface area (Å²) in [6.07, 6.45) is 4.82. The van der Waals surface area contributed by atoms with Crippen molar-refractivity contribution in [2.24, 2.45) is 0 Å². The Kier molecular flexibility index (Phi) is 10.9. The zero-order valence-electron chi connectivity index (χ0n) is 30.2. The highest BCUT2D eigenvalue weighted by molar-refractivity contribution is 5.84. The summed E-state index contributed by atoms with van der Waals surface area (Å²) < 4.78 is 18.7. The molecule has 0 amide bonds. The van der Waals surface area contributed by atoms with Crippen LogP contribution in [0.25, 0.3) is 11.5 Å². The van der Waals surface area contributed by atoms with Crippen molar-refractivity contribution in [2.45, 2.75) is 121 Å². The number of fused-ring (bicyclic) bond motifs is 1. The van der Waals surface area contributed by atoms with Gasteiger partial charge in [0.25, 0.3) is 0 Å². The quantitative estimate of drug-likeness (QED) is 0.195. The van der Waals surface area contributed by atoms with E-state index in [1.54, 1.807) is 6.92 Å². The van der Waals surface area contributed by atoms with Crippen molar-refractivity contribution in [3.63, 3.8) is 0 Å². The van der Waals surface area contributed by atoms with Gasteiger partial charge in [-0.2, -0.15) is 0 Å². The van der Waals surface area contributed by atoms with E-state index in [1.807, 2.05) is 51.1 Å². The minimum absolute atomic E-state index is 0.0206. The van der Waals surface area contributed by atoms with Gasteiger partial charge in [0.2, 0.25) is 5.89 Å². The van der Waals surface area contributed by atoms with Crippen molar-refractivity contribution in [3.05, 3.63) is 97.4 Å². The van der Waals surface area contributed by atoms with Gasteiger partial charge in [-0.05, 0) is 165 Å². The molecule has 3 aromatic carbocycles. The highest BCUT2D eigenvalue weighted by Gasteiger charge is 2.31. The molecule has 5 heteroatoms. The minimum atomic E-state index is -0.855. The number of hydrogen-bond donors (Lipinski definition) is 0. The van der Waals surface area contributed by atoms with E-state index < -0.39 is 5.60 Å². The first-order valence-corrected chi connectivity index (χ1v) is 16.7. The SMILES string of the molecule is CC(=O)C(C)(C)Oc1c(C)c(C)c(OCCc2nc(-c3ccccc3)oc2C)c2c1CCCC2.Cc1c(C)c(C)c(C)c(C)c1C. The first-order valence-electron chi connectivity index (χ1n) is 16.7. The van der Waals surface area contributed by atoms with Crippen molar-refractivity contribution < 1.29 is 18.7 Å². The number of ketones is 1. The number of Topliss-reactive ketones (excluding diaryl/α,β-unsaturated/α-hetero) is 1. The normalized spacial score (nSPS) is 12.7. The molecule has 46 heavy (non-hydrogen) atoms. The minimum Gasteiger partial charge on any atom is -0.493 e. The van der Waals surface area contributed by atoms with Crippen LogP contribution in [-0.4, -0.2) is 23.0 Å². The molecule has 1 heterocycles. The summed E-state index contributed by atoms with van der Waals surface area (Å²) >= 11 is 0. The second kappa shape index (κ2) is 14.3. The van der Waals surface area contributed by atoms with Gasteiger partial charge >= 0.3 is 0 Å². The van der Waals surface area contributed by atoms with Crippen LogP contribution >= 0.6 is 0 Å². The van der Waals surface area contributed by atoms with Crippen molar-refractivity contribution in [1.29, 1.82) is 0 Å². The third-order valence-electron chi connectivity index (χ3n) is 10.3. The Labute approximate surface area is 276 Å². The van der Waals surface area contributed by atoms with Gasteiger partial charge in [0, 0.05) is 23.1 Å². The average molecular weight is 624 g/mol. The fourth-order valence-corrected chi connectivity index (χ4v) is 6.16. The molecule has 5 rings (SSSR count). The number of ether oxygens (including phenoxy) is 2. The molecular formula is C41H53NO4. The second-order valence-electron chi connectivity index (χ2n) is 13.5. The number of carbonyl (C=O) groups is 1. The molecule has 0 radical (unpaired) electrons. The van der Waals surface area contributed by atoms with E-state index in [-0.39, 0.29) is 5.78 Å². The van der Waals surface area contributed by atoms with Gasteiger partial charge in [-0.15, -0.1) is 0 Å². The Balaban J connectivity index is 0.000000337. The lowest BCUT2D eigenvalue weighted by molar-refractivity contribution is -0.129. The maximum absolute atomic E-state index is 12.1. The van der Waals surface area contributed by atoms with Gasteiger partial charge in [0.05, 0.1) is 12.3 Å². The van der Waals surface area contributed by atoms with Crippen molar-refractivity contribution in [1.82, 2.24) is 4.98 Å². The lowest BCUT2D eigenvalue weighted by atomic mass is 9.86. The van der Waals surface area contributed by atoms with E-state index in [2.05, 4.69) is 55.4 Å². The largest absolute Gasteiger partial charge is 0.493 e. The van der Waals surface area contributed by atoms with Gasteiger partial charge in [-0.1, -0.05) is 18.2 Å². The molecule has 0 unspecified atom stereocenters. The molecule has 0 N–H and O–H groups in total. The molecule has 0 aliphatic heterocycles. The molecule has 246 valence electrons. The number of nitrogens with zero attached hydrogens (tertiary/aromatic N) is 1. The predicted octanol–water partition coefficient (Wildman–Crippen LogP) is 10.1. The summed E-state index contributed by atoms with van der Waals surface area (Å²) in [6.45, 7) is 25.2. The molecule has 0 bridgehead atoms. The fourth-order valence-electron chi connectivity index (χ4n) is 6.16. The number of hydrogen-bond acceptors (Lipinski definition) is 5. The number of aryl methyl sites for hydroxylation is 1. The van der Waals surface area contributed by atoms with Crippen LogP contribution in [-0.2, 0) is 24.1 Å². The Morgan fingerprint density at radius 2 is 1.22 bits per heavy atom. The smallest absolute Gasteiger partial charge is 0.226 e. The predicted molar refractivity (Wildman–Crippen MR) is 189 cm³/mol. The standard InChI is InChI=1S/C29H35NO4.C12H18/c1-18-19(2)27(34-29(5,6)21(4)31)24-15-11-10-14-23(24)26(18)32-17-16-25-20(3)33-28(30-25)22-12-8-7-9-13-22;1-7-8(2)10(4)12(6)11(5)9(7)3/h7-9,12-13H,10-11,14-17H2,1-6H3;1-6H3. The maximum atomic E-state index is 12.1. The first kappa shape index (κ1) is 35.0. The van der Waals surface area contributed by atoms with Crippen LogP contribution in [0.2, 0.25) is 0 Å². The topological polar surface area (TPSA) is 61.6 Å². The maximum Gasteiger partial charge on any atom is 0.226 e. The van der Waals surface area contributed by atoms with E-state index in [0.29, 0.717) is 18.9 Å². The molecule has 0 saturated heterocycles. The Bertz CT molecular complexity index is 1620. The first-order chi connectivity index (χ1) is 21.7. The van der Waals surface area contributed by atoms with Crippen molar-refractivity contribution >= 4 is 5.78 Å². The van der Waals surface area contributed by atoms with Gasteiger partial charge < -0.3 is 13.9 Å². The highest BCUT2D eigenvalue weighted by Crippen LogP contribution is 2.43. The van der Waals surface area contributed by atoms with Crippen LogP contribution in [0.1, 0.15) is 101 Å². The molecule has 5 nitrogen and oxygen atoms in total. The van der Waals surface area contributed by atoms with Gasteiger partial charge in [0.1, 0.15) is 17.3 Å². The summed E-state index contributed by atoms with van der Waals surface area (Å²) in [7, 11) is 0. The Morgan fingerprint density at radius 1 is 0.739 bits per heavy atom. The number of oxazole rings is 1. The van der Waals surface area contributed by atoms with E-state index in [1.165, 1.54) is 44.5 Å². The van der Waals surface area contributed by atoms with E-state index in [9.17, 15) is 4.79 Å². The van der Waals surface area contributed by atoms with Crippen LogP contribution in [0, 0.1) is 62.3 Å². The molecule has 0 saturated carbocycles. The van der Waals surface area contributed by atoms with E-state index in [4.69, 9.17) is 18.9 Å². The number of carbonyl (C=O) groups excluding carboxylic acids is 1. The molecule has 1 aliphatic rings. The lowest BCUT2D eigenvalue weighted by Gasteiger charge is -2.31. The lowest BCUT2D eigenvalue weighted by Crippen LogP contribution is -2.37. The Morgan fingerprint density at radius 3 is 1.72 bits per heavy atom. The van der Waals surface area contributed by atoms with Crippen molar-refractivity contribution in [3.8, 4) is 23.0 Å². The number of benzene rings is 3. The molecule has 4 aromatic rings. The zero-order chi connectivity index (χ0) is 33.9. The molecular weight excluding hydrogens is 570 g/mol. The van der Waals surface area contributed by atoms with Gasteiger partial charge in [-0.3, -0.25) is 4.79 Å². The molecule has 0 atom stereocenters.